The number of nitrogens with one attached hydrogen (secondary N) is 1. The quantitative estimate of drug-likeness (QED) is 0.106. The Kier molecular flexibility index (Phi) is 11.2. The van der Waals surface area contributed by atoms with Crippen LogP contribution in [0.15, 0.2) is 70.9 Å². The van der Waals surface area contributed by atoms with Crippen LogP contribution in [0.2, 0.25) is 0 Å². The highest BCUT2D eigenvalue weighted by molar-refractivity contribution is 6.22. The van der Waals surface area contributed by atoms with Crippen LogP contribution >= 0.6 is 0 Å². The van der Waals surface area contributed by atoms with Gasteiger partial charge in [0.2, 0.25) is 6.29 Å². The van der Waals surface area contributed by atoms with Crippen molar-refractivity contribution in [3.63, 3.8) is 0 Å². The lowest BCUT2D eigenvalue weighted by Crippen LogP contribution is -2.84. The predicted molar refractivity (Wildman–Crippen MR) is 260 cm³/mol. The lowest BCUT2D eigenvalue weighted by atomic mass is 9.39. The number of aliphatic hydroxyl groups excluding tert-OH is 4. The maximum absolute atomic E-state index is 16.2. The van der Waals surface area contributed by atoms with Crippen molar-refractivity contribution in [2.75, 3.05) is 26.8 Å². The van der Waals surface area contributed by atoms with Crippen LogP contribution in [-0.4, -0.2) is 123 Å². The summed E-state index contributed by atoms with van der Waals surface area (Å²) in [5, 5.41) is 48.4. The van der Waals surface area contributed by atoms with Gasteiger partial charge in [0.05, 0.1) is 42.1 Å². The minimum absolute atomic E-state index is 0.0257. The zero-order valence-corrected chi connectivity index (χ0v) is 42.0. The second-order valence-electron chi connectivity index (χ2n) is 22.4. The molecule has 6 aliphatic heterocycles. The van der Waals surface area contributed by atoms with Crippen molar-refractivity contribution in [2.24, 2.45) is 23.7 Å². The van der Waals surface area contributed by atoms with Crippen LogP contribution in [0.3, 0.4) is 0 Å². The van der Waals surface area contributed by atoms with Gasteiger partial charge in [0.15, 0.2) is 22.8 Å². The molecule has 2 aromatic rings. The van der Waals surface area contributed by atoms with E-state index in [-0.39, 0.29) is 23.7 Å². The number of Topliss-reactive ketones (excluding diaryl/α,β-unsaturated/α-hetero) is 2. The lowest BCUT2D eigenvalue weighted by Gasteiger charge is -2.71. The number of hydrogen-bond donors (Lipinski definition) is 5. The minimum atomic E-state index is -1.78. The summed E-state index contributed by atoms with van der Waals surface area (Å²) in [4.78, 5) is 46.8. The van der Waals surface area contributed by atoms with E-state index >= 15 is 9.59 Å². The number of methoxy groups -OCH3 is 1. The Bertz CT molecular complexity index is 2820. The number of nitrogens with zero attached hydrogens (tertiary/aromatic N) is 1. The molecule has 10 aliphatic rings. The Labute approximate surface area is 414 Å². The zero-order valence-electron chi connectivity index (χ0n) is 42.0. The fourth-order valence-electron chi connectivity index (χ4n) is 14.4. The predicted octanol–water partition coefficient (Wildman–Crippen LogP) is 5.60. The third kappa shape index (κ3) is 6.42. The van der Waals surface area contributed by atoms with Gasteiger partial charge >= 0.3 is 5.97 Å². The summed E-state index contributed by atoms with van der Waals surface area (Å²) in [7, 11) is 1.32. The number of ether oxygens (including phenoxy) is 6. The highest BCUT2D eigenvalue weighted by Gasteiger charge is 2.89. The van der Waals surface area contributed by atoms with Gasteiger partial charge < -0.3 is 53.7 Å². The average molecular weight is 975 g/mol. The normalized spacial score (nSPS) is 37.2. The van der Waals surface area contributed by atoms with Crippen LogP contribution in [0.4, 0.5) is 0 Å². The number of carbonyl (C=O) groups excluding carboxylic acids is 3. The maximum Gasteiger partial charge on any atom is 0.333 e. The van der Waals surface area contributed by atoms with Gasteiger partial charge in [-0.2, -0.15) is 0 Å². The highest BCUT2D eigenvalue weighted by atomic mass is 16.7. The molecule has 0 aromatic heterocycles. The Hall–Kier alpha value is -5.13. The zero-order chi connectivity index (χ0) is 50.5. The molecule has 0 amide bonds. The van der Waals surface area contributed by atoms with E-state index in [0.717, 1.165) is 23.3 Å². The summed E-state index contributed by atoms with van der Waals surface area (Å²) in [5.74, 6) is -2.41. The standard InChI is InChI=1S/C56H66N2O13/c1-27(2)13-12-20-53(8)21-19-33-45(69-53)32(17-16-28(3)4)47-39(46(33)68-51-44(63)43(62)42(61)35(26-59)67-51)56-48-37(38-40(58(56)24-23-57-56)30-14-10-11-15-31(30)41(38)60)34-25-36-52(6,7)71-54(49(34)64,55(36,48)70-47)22-18-29(5)50(65)66-9/h10-11,13-16,18-19,21,34-37,42-44,48,51,57,59,61-63H,12,17,20,22-26H2,1-9H3/b29-18-/t34?,35-,36?,37?,42-,43+,44-,48?,51+,53?,54?,55?,56?/m1/s1. The Morgan fingerprint density at radius 3 is 2.38 bits per heavy atom. The average Bonchev–Trinajstić information content (AvgIpc) is 3.94. The van der Waals surface area contributed by atoms with Gasteiger partial charge in [-0.15, -0.1) is 0 Å². The van der Waals surface area contributed by atoms with E-state index in [0.29, 0.717) is 77.3 Å². The first-order valence-electron chi connectivity index (χ1n) is 25.2. The molecule has 2 spiro atoms. The monoisotopic (exact) mass is 974 g/mol. The summed E-state index contributed by atoms with van der Waals surface area (Å²) in [6.45, 7) is 16.0. The van der Waals surface area contributed by atoms with Crippen molar-refractivity contribution in [3.8, 4) is 17.2 Å². The van der Waals surface area contributed by atoms with Gasteiger partial charge in [0.25, 0.3) is 0 Å². The highest BCUT2D eigenvalue weighted by Crippen LogP contribution is 2.78. The van der Waals surface area contributed by atoms with Crippen molar-refractivity contribution >= 4 is 29.3 Å². The van der Waals surface area contributed by atoms with E-state index in [1.165, 1.54) is 12.7 Å². The van der Waals surface area contributed by atoms with Crippen LogP contribution in [0.1, 0.15) is 114 Å². The Balaban J connectivity index is 1.27. The first kappa shape index (κ1) is 48.2. The number of carbonyl (C=O) groups is 3. The Morgan fingerprint density at radius 1 is 0.944 bits per heavy atom. The number of hydrogen-bond acceptors (Lipinski definition) is 15. The number of ketones is 2. The van der Waals surface area contributed by atoms with Crippen LogP contribution in [0, 0.1) is 23.7 Å². The number of rotatable bonds is 11. The molecule has 3 saturated carbocycles. The molecule has 71 heavy (non-hydrogen) atoms. The number of aliphatic hydroxyl groups is 4. The van der Waals surface area contributed by atoms with Crippen LogP contribution in [0.5, 0.6) is 17.2 Å². The summed E-state index contributed by atoms with van der Waals surface area (Å²) < 4.78 is 41.3. The van der Waals surface area contributed by atoms with E-state index in [1.54, 1.807) is 13.0 Å². The molecule has 15 nitrogen and oxygen atoms in total. The molecule has 15 heteroatoms. The third-order valence-corrected chi connectivity index (χ3v) is 17.3. The smallest absolute Gasteiger partial charge is 0.333 e. The molecule has 8 unspecified atom stereocenters. The second-order valence-corrected chi connectivity index (χ2v) is 22.4. The SMILES string of the molecule is COC(=O)/C(C)=C\CC12OC(C)(C)C3CC(C1=O)C1C4=C(c5ccccc5C4=O)N4CCNC45c4c(O[C@@H]6O[C@H](CO)[C@@H](O)[C@H](O)[C@H]6O)c6c(c(CC=C(C)C)c4OC32C15)OC(C)(CCC=C(C)C)C=C6. The lowest BCUT2D eigenvalue weighted by molar-refractivity contribution is -0.278. The number of benzene rings is 2. The largest absolute Gasteiger partial charge is 0.482 e. The summed E-state index contributed by atoms with van der Waals surface area (Å²) in [5.41, 5.74) is 0.498. The van der Waals surface area contributed by atoms with Crippen molar-refractivity contribution < 1.29 is 63.2 Å². The molecular formula is C56H66N2O13. The molecular weight excluding hydrogens is 909 g/mol. The second kappa shape index (κ2) is 16.4. The van der Waals surface area contributed by atoms with Gasteiger partial charge in [-0.25, -0.2) is 4.79 Å². The number of allylic oxidation sites excluding steroid dienone is 5. The number of esters is 1. The molecule has 3 saturated heterocycles. The topological polar surface area (TPSA) is 203 Å². The molecule has 6 heterocycles. The van der Waals surface area contributed by atoms with Gasteiger partial charge in [-0.05, 0) is 93.2 Å². The van der Waals surface area contributed by atoms with E-state index in [2.05, 4.69) is 36.2 Å². The number of fused-ring (bicyclic) bond motifs is 5. The van der Waals surface area contributed by atoms with Gasteiger partial charge in [0, 0.05) is 65.1 Å². The molecule has 378 valence electrons. The summed E-state index contributed by atoms with van der Waals surface area (Å²) in [6.07, 6.45) is 3.91. The molecule has 4 aliphatic carbocycles. The van der Waals surface area contributed by atoms with Crippen molar-refractivity contribution in [2.45, 2.75) is 146 Å². The molecule has 5 N–H and O–H groups in total. The maximum atomic E-state index is 16.2. The third-order valence-electron chi connectivity index (χ3n) is 17.3. The van der Waals surface area contributed by atoms with Crippen LogP contribution < -0.4 is 19.5 Å². The molecule has 4 bridgehead atoms. The molecule has 12 rings (SSSR count). The van der Waals surface area contributed by atoms with Gasteiger partial charge in [0.1, 0.15) is 52.9 Å². The van der Waals surface area contributed by atoms with Crippen molar-refractivity contribution in [1.82, 2.24) is 10.2 Å². The molecule has 6 fully saturated rings. The first-order valence-corrected chi connectivity index (χ1v) is 25.2. The van der Waals surface area contributed by atoms with Gasteiger partial charge in [-0.3, -0.25) is 14.9 Å². The van der Waals surface area contributed by atoms with E-state index in [9.17, 15) is 25.2 Å². The molecule has 2 aromatic carbocycles. The van der Waals surface area contributed by atoms with Crippen LogP contribution in [-0.2, 0) is 35.9 Å². The molecule has 13 atom stereocenters. The first-order chi connectivity index (χ1) is 33.7. The van der Waals surface area contributed by atoms with E-state index < -0.39 is 95.0 Å². The van der Waals surface area contributed by atoms with E-state index in [4.69, 9.17) is 28.4 Å². The van der Waals surface area contributed by atoms with Crippen molar-refractivity contribution in [1.29, 1.82) is 0 Å². The van der Waals surface area contributed by atoms with E-state index in [1.807, 2.05) is 71.0 Å². The summed E-state index contributed by atoms with van der Waals surface area (Å²) in [6, 6.07) is 7.58. The molecule has 0 radical (unpaired) electrons. The van der Waals surface area contributed by atoms with Gasteiger partial charge in [-0.1, -0.05) is 53.6 Å². The Morgan fingerprint density at radius 2 is 1.68 bits per heavy atom. The summed E-state index contributed by atoms with van der Waals surface area (Å²) >= 11 is 0. The van der Waals surface area contributed by atoms with Crippen LogP contribution in [0.25, 0.3) is 11.8 Å². The minimum Gasteiger partial charge on any atom is -0.482 e. The fraction of sp³-hybridized carbons (Fsp3) is 0.554. The van der Waals surface area contributed by atoms with Crippen molar-refractivity contribution in [3.05, 3.63) is 98.7 Å². The fourth-order valence-corrected chi connectivity index (χ4v) is 14.4.